The van der Waals surface area contributed by atoms with Crippen molar-refractivity contribution in [3.8, 4) is 39.1 Å². The molecule has 0 unspecified atom stereocenters. The van der Waals surface area contributed by atoms with E-state index in [1.165, 1.54) is 83.1 Å². The summed E-state index contributed by atoms with van der Waals surface area (Å²) in [5.41, 5.74) is 17.7. The van der Waals surface area contributed by atoms with Crippen LogP contribution in [0.1, 0.15) is 22.3 Å². The van der Waals surface area contributed by atoms with Crippen LogP contribution in [0.5, 0.6) is 0 Å². The van der Waals surface area contributed by atoms with Gasteiger partial charge in [0.15, 0.2) is 0 Å². The maximum absolute atomic E-state index is 2.47. The van der Waals surface area contributed by atoms with Gasteiger partial charge in [0, 0.05) is 17.2 Å². The molecule has 0 aliphatic heterocycles. The first-order valence-electron chi connectivity index (χ1n) is 13.8. The summed E-state index contributed by atoms with van der Waals surface area (Å²) in [7, 11) is 0. The summed E-state index contributed by atoms with van der Waals surface area (Å²) in [5, 5.41) is 2.62. The zero-order valence-electron chi connectivity index (χ0n) is 21.5. The Morgan fingerprint density at radius 3 is 1.82 bits per heavy atom. The zero-order valence-corrected chi connectivity index (χ0v) is 21.5. The van der Waals surface area contributed by atoms with Crippen LogP contribution in [-0.4, -0.2) is 4.57 Å². The predicted molar refractivity (Wildman–Crippen MR) is 163 cm³/mol. The molecule has 9 rings (SSSR count). The van der Waals surface area contributed by atoms with Crippen molar-refractivity contribution in [2.24, 2.45) is 0 Å². The molecule has 0 amide bonds. The number of fused-ring (bicyclic) bond motifs is 9. The summed E-state index contributed by atoms with van der Waals surface area (Å²) in [6.45, 7) is 0. The van der Waals surface area contributed by atoms with Crippen LogP contribution >= 0.6 is 0 Å². The maximum Gasteiger partial charge on any atom is 0.0541 e. The second-order valence-corrected chi connectivity index (χ2v) is 10.9. The van der Waals surface area contributed by atoms with E-state index in [-0.39, 0.29) is 0 Å². The van der Waals surface area contributed by atoms with Gasteiger partial charge in [-0.05, 0) is 86.3 Å². The van der Waals surface area contributed by atoms with Gasteiger partial charge in [-0.15, -0.1) is 0 Å². The Morgan fingerprint density at radius 1 is 0.410 bits per heavy atom. The Labute approximate surface area is 227 Å². The normalized spacial score (nSPS) is 12.9. The molecule has 2 aliphatic rings. The van der Waals surface area contributed by atoms with Crippen molar-refractivity contribution in [1.82, 2.24) is 4.57 Å². The highest BCUT2D eigenvalue weighted by atomic mass is 15.0. The number of para-hydroxylation sites is 2. The van der Waals surface area contributed by atoms with Gasteiger partial charge in [-0.2, -0.15) is 0 Å². The quantitative estimate of drug-likeness (QED) is 0.225. The molecule has 0 saturated heterocycles. The molecule has 6 aromatic carbocycles. The minimum atomic E-state index is 0.959. The first-order valence-corrected chi connectivity index (χ1v) is 13.8. The fourth-order valence-electron chi connectivity index (χ4n) is 7.17. The first-order chi connectivity index (χ1) is 19.3. The van der Waals surface area contributed by atoms with Crippen molar-refractivity contribution >= 4 is 21.8 Å². The average Bonchev–Trinajstić information content (AvgIpc) is 3.66. The molecule has 182 valence electrons. The van der Waals surface area contributed by atoms with Gasteiger partial charge in [-0.3, -0.25) is 0 Å². The number of benzene rings is 6. The maximum atomic E-state index is 2.47. The molecule has 0 N–H and O–H groups in total. The van der Waals surface area contributed by atoms with Crippen LogP contribution in [0.2, 0.25) is 0 Å². The third kappa shape index (κ3) is 2.90. The third-order valence-electron chi connectivity index (χ3n) is 8.90. The predicted octanol–water partition coefficient (Wildman–Crippen LogP) is 9.59. The molecule has 39 heavy (non-hydrogen) atoms. The van der Waals surface area contributed by atoms with Gasteiger partial charge in [0.05, 0.1) is 16.7 Å². The number of nitrogens with zero attached hydrogens (tertiary/aromatic N) is 1. The van der Waals surface area contributed by atoms with E-state index < -0.39 is 0 Å². The SMILES string of the molecule is c1ccc2c(c1)Cc1c(-c3ccc4c(c3)-c3cccc(-n5c6ccccc6c6ccccc65)c3C4)cccc1-2. The van der Waals surface area contributed by atoms with Crippen molar-refractivity contribution < 1.29 is 0 Å². The van der Waals surface area contributed by atoms with Crippen LogP contribution in [0.15, 0.2) is 127 Å². The van der Waals surface area contributed by atoms with E-state index in [9.17, 15) is 0 Å². The Bertz CT molecular complexity index is 2070. The summed E-state index contributed by atoms with van der Waals surface area (Å²) in [5.74, 6) is 0. The molecular formula is C38H25N. The summed E-state index contributed by atoms with van der Waals surface area (Å²) >= 11 is 0. The van der Waals surface area contributed by atoms with Gasteiger partial charge in [-0.25, -0.2) is 0 Å². The van der Waals surface area contributed by atoms with Gasteiger partial charge in [0.2, 0.25) is 0 Å². The Hall–Kier alpha value is -4.88. The lowest BCUT2D eigenvalue weighted by molar-refractivity contribution is 1.12. The first kappa shape index (κ1) is 21.1. The summed E-state index contributed by atoms with van der Waals surface area (Å²) in [4.78, 5) is 0. The van der Waals surface area contributed by atoms with E-state index in [1.807, 2.05) is 0 Å². The highest BCUT2D eigenvalue weighted by Crippen LogP contribution is 2.46. The molecule has 2 aliphatic carbocycles. The van der Waals surface area contributed by atoms with Gasteiger partial charge < -0.3 is 4.57 Å². The topological polar surface area (TPSA) is 4.93 Å². The van der Waals surface area contributed by atoms with Gasteiger partial charge in [0.25, 0.3) is 0 Å². The molecule has 1 heterocycles. The van der Waals surface area contributed by atoms with Gasteiger partial charge in [0.1, 0.15) is 0 Å². The number of hydrogen-bond acceptors (Lipinski definition) is 0. The zero-order chi connectivity index (χ0) is 25.5. The standard InChI is InChI=1S/C38H25N/c1-2-10-27-24(9-1)22-34-28(13-7-14-29(27)34)25-19-20-26-23-35-30(33(26)21-25)15-8-18-38(35)39-36-16-5-3-11-31(36)32-12-4-6-17-37(32)39/h1-21H,22-23H2. The lowest BCUT2D eigenvalue weighted by Crippen LogP contribution is -1.98. The Balaban J connectivity index is 1.22. The van der Waals surface area contributed by atoms with E-state index in [1.54, 1.807) is 0 Å². The summed E-state index contributed by atoms with van der Waals surface area (Å²) < 4.78 is 2.47. The highest BCUT2D eigenvalue weighted by molar-refractivity contribution is 6.09. The molecule has 7 aromatic rings. The average molecular weight is 496 g/mol. The number of rotatable bonds is 2. The van der Waals surface area contributed by atoms with Crippen LogP contribution in [0.4, 0.5) is 0 Å². The van der Waals surface area contributed by atoms with Crippen LogP contribution in [-0.2, 0) is 12.8 Å². The second kappa shape index (κ2) is 7.82. The van der Waals surface area contributed by atoms with Crippen LogP contribution in [0, 0.1) is 0 Å². The Kier molecular flexibility index (Phi) is 4.23. The highest BCUT2D eigenvalue weighted by Gasteiger charge is 2.26. The van der Waals surface area contributed by atoms with Gasteiger partial charge in [-0.1, -0.05) is 103 Å². The lowest BCUT2D eigenvalue weighted by Gasteiger charge is -2.13. The van der Waals surface area contributed by atoms with Crippen molar-refractivity contribution in [3.63, 3.8) is 0 Å². The van der Waals surface area contributed by atoms with Crippen molar-refractivity contribution in [2.75, 3.05) is 0 Å². The minimum Gasteiger partial charge on any atom is -0.309 e. The van der Waals surface area contributed by atoms with E-state index in [4.69, 9.17) is 0 Å². The molecule has 0 fully saturated rings. The number of aromatic nitrogens is 1. The fraction of sp³-hybridized carbons (Fsp3) is 0.0526. The lowest BCUT2D eigenvalue weighted by atomic mass is 9.93. The van der Waals surface area contributed by atoms with Crippen LogP contribution < -0.4 is 0 Å². The molecule has 0 spiro atoms. The molecule has 0 radical (unpaired) electrons. The van der Waals surface area contributed by atoms with Gasteiger partial charge >= 0.3 is 0 Å². The van der Waals surface area contributed by atoms with E-state index in [0.29, 0.717) is 0 Å². The molecule has 1 nitrogen and oxygen atoms in total. The summed E-state index contributed by atoms with van der Waals surface area (Å²) in [6, 6.07) is 47.2. The van der Waals surface area contributed by atoms with Crippen molar-refractivity contribution in [2.45, 2.75) is 12.8 Å². The van der Waals surface area contributed by atoms with E-state index in [2.05, 4.69) is 132 Å². The van der Waals surface area contributed by atoms with Crippen molar-refractivity contribution in [3.05, 3.63) is 150 Å². The van der Waals surface area contributed by atoms with Crippen LogP contribution in [0.3, 0.4) is 0 Å². The van der Waals surface area contributed by atoms with E-state index >= 15 is 0 Å². The smallest absolute Gasteiger partial charge is 0.0541 e. The molecule has 0 bridgehead atoms. The molecule has 0 atom stereocenters. The second-order valence-electron chi connectivity index (χ2n) is 10.9. The fourth-order valence-corrected chi connectivity index (χ4v) is 7.17. The summed E-state index contributed by atoms with van der Waals surface area (Å²) in [6.07, 6.45) is 1.97. The third-order valence-corrected chi connectivity index (χ3v) is 8.90. The van der Waals surface area contributed by atoms with Crippen molar-refractivity contribution in [1.29, 1.82) is 0 Å². The molecular weight excluding hydrogens is 470 g/mol. The molecule has 0 saturated carbocycles. The largest absolute Gasteiger partial charge is 0.309 e. The van der Waals surface area contributed by atoms with E-state index in [0.717, 1.165) is 12.8 Å². The van der Waals surface area contributed by atoms with Crippen LogP contribution in [0.25, 0.3) is 60.9 Å². The monoisotopic (exact) mass is 495 g/mol. The Morgan fingerprint density at radius 2 is 1.00 bits per heavy atom. The minimum absolute atomic E-state index is 0.959. The molecule has 1 heteroatoms. The number of hydrogen-bond donors (Lipinski definition) is 0. The molecule has 1 aromatic heterocycles.